The molecule has 3 N–H and O–H groups in total. The predicted molar refractivity (Wildman–Crippen MR) is 92.7 cm³/mol. The summed E-state index contributed by atoms with van der Waals surface area (Å²) in [6.07, 6.45) is 3.50. The molecule has 120 valence electrons. The molecule has 0 aliphatic carbocycles. The van der Waals surface area contributed by atoms with Crippen molar-refractivity contribution in [3.05, 3.63) is 36.7 Å². The van der Waals surface area contributed by atoms with E-state index in [1.165, 1.54) is 0 Å². The lowest BCUT2D eigenvalue weighted by atomic mass is 9.88. The van der Waals surface area contributed by atoms with Crippen molar-refractivity contribution in [1.82, 2.24) is 15.3 Å². The third-order valence-corrected chi connectivity index (χ3v) is 3.84. The Bertz CT molecular complexity index is 599. The van der Waals surface area contributed by atoms with Gasteiger partial charge in [0.05, 0.1) is 0 Å². The molecule has 0 spiro atoms. The van der Waals surface area contributed by atoms with Crippen LogP contribution in [0.15, 0.2) is 36.7 Å². The number of carbonyl (C=O) groups is 1. The highest BCUT2D eigenvalue weighted by molar-refractivity contribution is 5.93. The van der Waals surface area contributed by atoms with E-state index >= 15 is 0 Å². The molecule has 1 unspecified atom stereocenters. The molecular formula is C15H20Cl2N4O. The zero-order chi connectivity index (χ0) is 13.9. The first-order valence-electron chi connectivity index (χ1n) is 6.85. The normalized spacial score (nSPS) is 15.0. The van der Waals surface area contributed by atoms with Gasteiger partial charge in [0, 0.05) is 29.6 Å². The maximum atomic E-state index is 12.2. The Kier molecular flexibility index (Phi) is 6.87. The predicted octanol–water partition coefficient (Wildman–Crippen LogP) is 2.71. The van der Waals surface area contributed by atoms with Crippen LogP contribution in [0.1, 0.15) is 6.92 Å². The van der Waals surface area contributed by atoms with Gasteiger partial charge in [0.2, 0.25) is 5.91 Å². The highest BCUT2D eigenvalue weighted by Crippen LogP contribution is 2.21. The molecule has 0 saturated carbocycles. The molecule has 1 aromatic heterocycles. The average Bonchev–Trinajstić information content (AvgIpc) is 2.90. The summed E-state index contributed by atoms with van der Waals surface area (Å²) in [7, 11) is 0. The maximum Gasteiger partial charge on any atom is 0.227 e. The van der Waals surface area contributed by atoms with Crippen molar-refractivity contribution in [3.8, 4) is 11.4 Å². The van der Waals surface area contributed by atoms with E-state index in [1.54, 1.807) is 12.4 Å². The lowest BCUT2D eigenvalue weighted by Gasteiger charge is -2.31. The van der Waals surface area contributed by atoms with Gasteiger partial charge in [0.1, 0.15) is 5.82 Å². The summed E-state index contributed by atoms with van der Waals surface area (Å²) in [5, 5.41) is 6.18. The number of H-pyrrole nitrogens is 1. The van der Waals surface area contributed by atoms with Gasteiger partial charge in [0.15, 0.2) is 0 Å². The molecule has 1 saturated heterocycles. The second-order valence-electron chi connectivity index (χ2n) is 5.21. The Balaban J connectivity index is 0.00000121. The molecule has 1 aromatic carbocycles. The van der Waals surface area contributed by atoms with Crippen LogP contribution in [0.4, 0.5) is 5.69 Å². The van der Waals surface area contributed by atoms with Crippen molar-refractivity contribution in [2.45, 2.75) is 6.92 Å². The molecule has 0 bridgehead atoms. The Morgan fingerprint density at radius 1 is 1.36 bits per heavy atom. The molecule has 2 aromatic rings. The first-order valence-corrected chi connectivity index (χ1v) is 6.85. The van der Waals surface area contributed by atoms with Crippen LogP contribution in [0, 0.1) is 11.8 Å². The average molecular weight is 343 g/mol. The second-order valence-corrected chi connectivity index (χ2v) is 5.21. The fourth-order valence-corrected chi connectivity index (χ4v) is 2.30. The van der Waals surface area contributed by atoms with E-state index in [-0.39, 0.29) is 36.6 Å². The van der Waals surface area contributed by atoms with Crippen LogP contribution in [-0.2, 0) is 4.79 Å². The number of benzene rings is 1. The molecule has 2 heterocycles. The summed E-state index contributed by atoms with van der Waals surface area (Å²) in [5.74, 6) is 1.36. The molecule has 7 heteroatoms. The summed E-state index contributed by atoms with van der Waals surface area (Å²) in [6.45, 7) is 3.85. The van der Waals surface area contributed by atoms with Gasteiger partial charge in [-0.05, 0) is 31.1 Å². The van der Waals surface area contributed by atoms with E-state index in [0.29, 0.717) is 5.92 Å². The number of rotatable bonds is 4. The van der Waals surface area contributed by atoms with Crippen LogP contribution in [0.5, 0.6) is 0 Å². The van der Waals surface area contributed by atoms with E-state index in [1.807, 2.05) is 31.2 Å². The third kappa shape index (κ3) is 4.00. The smallest absolute Gasteiger partial charge is 0.227 e. The lowest BCUT2D eigenvalue weighted by molar-refractivity contribution is -0.121. The number of amides is 1. The molecule has 22 heavy (non-hydrogen) atoms. The minimum Gasteiger partial charge on any atom is -0.345 e. The molecule has 1 atom stereocenters. The van der Waals surface area contributed by atoms with E-state index in [9.17, 15) is 4.79 Å². The van der Waals surface area contributed by atoms with Crippen LogP contribution in [0.25, 0.3) is 11.4 Å². The van der Waals surface area contributed by atoms with Crippen molar-refractivity contribution in [1.29, 1.82) is 0 Å². The summed E-state index contributed by atoms with van der Waals surface area (Å²) < 4.78 is 0. The molecule has 1 aliphatic rings. The minimum atomic E-state index is 0. The first kappa shape index (κ1) is 18.5. The Morgan fingerprint density at radius 3 is 2.73 bits per heavy atom. The largest absolute Gasteiger partial charge is 0.345 e. The van der Waals surface area contributed by atoms with Gasteiger partial charge in [-0.2, -0.15) is 0 Å². The SMILES string of the molecule is CC(C(=O)Nc1cccc(-c2ncc[nH]2)c1)C1CNC1.Cl.Cl. The number of imidazole rings is 1. The van der Waals surface area contributed by atoms with Crippen molar-refractivity contribution >= 4 is 36.4 Å². The Hall–Kier alpha value is -1.56. The second kappa shape index (κ2) is 8.17. The first-order chi connectivity index (χ1) is 9.74. The summed E-state index contributed by atoms with van der Waals surface area (Å²) >= 11 is 0. The van der Waals surface area contributed by atoms with Crippen molar-refractivity contribution < 1.29 is 4.79 Å². The highest BCUT2D eigenvalue weighted by Gasteiger charge is 2.28. The van der Waals surface area contributed by atoms with Crippen LogP contribution < -0.4 is 10.6 Å². The van der Waals surface area contributed by atoms with Gasteiger partial charge in [-0.3, -0.25) is 4.79 Å². The number of nitrogens with zero attached hydrogens (tertiary/aromatic N) is 1. The molecular weight excluding hydrogens is 323 g/mol. The van der Waals surface area contributed by atoms with E-state index in [0.717, 1.165) is 30.2 Å². The van der Waals surface area contributed by atoms with Gasteiger partial charge in [-0.15, -0.1) is 24.8 Å². The number of carbonyl (C=O) groups excluding carboxylic acids is 1. The standard InChI is InChI=1S/C15H18N4O.2ClH/c1-10(12-8-16-9-12)15(20)19-13-4-2-3-11(7-13)14-17-5-6-18-14;;/h2-7,10,12,16H,8-9H2,1H3,(H,17,18)(H,19,20);2*1H. The van der Waals surface area contributed by atoms with Crippen LogP contribution in [0.2, 0.25) is 0 Å². The molecule has 1 aliphatic heterocycles. The van der Waals surface area contributed by atoms with Crippen LogP contribution in [-0.4, -0.2) is 29.0 Å². The van der Waals surface area contributed by atoms with Crippen molar-refractivity contribution in [2.75, 3.05) is 18.4 Å². The van der Waals surface area contributed by atoms with Crippen molar-refractivity contribution in [2.24, 2.45) is 11.8 Å². The highest BCUT2D eigenvalue weighted by atomic mass is 35.5. The molecule has 0 radical (unpaired) electrons. The molecule has 5 nitrogen and oxygen atoms in total. The summed E-state index contributed by atoms with van der Waals surface area (Å²) in [5.41, 5.74) is 1.77. The van der Waals surface area contributed by atoms with Gasteiger partial charge < -0.3 is 15.6 Å². The number of anilines is 1. The Morgan fingerprint density at radius 2 is 2.14 bits per heavy atom. The van der Waals surface area contributed by atoms with Crippen LogP contribution >= 0.6 is 24.8 Å². The number of aromatic nitrogens is 2. The number of halogens is 2. The number of nitrogens with one attached hydrogen (secondary N) is 3. The maximum absolute atomic E-state index is 12.2. The number of hydrogen-bond acceptors (Lipinski definition) is 3. The quantitative estimate of drug-likeness (QED) is 0.799. The topological polar surface area (TPSA) is 69.8 Å². The number of aromatic amines is 1. The van der Waals surface area contributed by atoms with E-state index < -0.39 is 0 Å². The fourth-order valence-electron chi connectivity index (χ4n) is 2.30. The third-order valence-electron chi connectivity index (χ3n) is 3.84. The fraction of sp³-hybridized carbons (Fsp3) is 0.333. The molecule has 1 amide bonds. The van der Waals surface area contributed by atoms with Crippen LogP contribution in [0.3, 0.4) is 0 Å². The van der Waals surface area contributed by atoms with Gasteiger partial charge >= 0.3 is 0 Å². The van der Waals surface area contributed by atoms with Gasteiger partial charge in [0.25, 0.3) is 0 Å². The van der Waals surface area contributed by atoms with Gasteiger partial charge in [-0.1, -0.05) is 19.1 Å². The lowest BCUT2D eigenvalue weighted by Crippen LogP contribution is -2.48. The summed E-state index contributed by atoms with van der Waals surface area (Å²) in [4.78, 5) is 19.5. The molecule has 3 rings (SSSR count). The van der Waals surface area contributed by atoms with E-state index in [4.69, 9.17) is 0 Å². The van der Waals surface area contributed by atoms with Crippen molar-refractivity contribution in [3.63, 3.8) is 0 Å². The zero-order valence-corrected chi connectivity index (χ0v) is 13.8. The monoisotopic (exact) mass is 342 g/mol. The minimum absolute atomic E-state index is 0. The van der Waals surface area contributed by atoms with E-state index in [2.05, 4.69) is 20.6 Å². The summed E-state index contributed by atoms with van der Waals surface area (Å²) in [6, 6.07) is 7.72. The zero-order valence-electron chi connectivity index (χ0n) is 12.2. The molecule has 1 fully saturated rings. The Labute approximate surface area is 142 Å². The number of hydrogen-bond donors (Lipinski definition) is 3. The van der Waals surface area contributed by atoms with Gasteiger partial charge in [-0.25, -0.2) is 4.98 Å².